The average molecular weight is 325 g/mol. The van der Waals surface area contributed by atoms with Crippen molar-refractivity contribution in [3.8, 4) is 0 Å². The molecule has 0 bridgehead atoms. The first-order valence-electron chi connectivity index (χ1n) is 8.92. The highest BCUT2D eigenvalue weighted by molar-refractivity contribution is 5.61. The second-order valence-electron chi connectivity index (χ2n) is 6.23. The van der Waals surface area contributed by atoms with Gasteiger partial charge in [-0.1, -0.05) is 0 Å². The number of aromatic nitrogens is 2. The van der Waals surface area contributed by atoms with Crippen LogP contribution in [0.2, 0.25) is 0 Å². The number of aryl methyl sites for hydroxylation is 1. The Morgan fingerprint density at radius 2 is 1.71 bits per heavy atom. The number of hydrogen-bond acceptors (Lipinski definition) is 5. The lowest BCUT2D eigenvalue weighted by Gasteiger charge is -2.21. The molecule has 1 aliphatic heterocycles. The Balaban J connectivity index is 1.75. The number of nitrogens with zero attached hydrogens (tertiary/aromatic N) is 4. The molecule has 5 nitrogen and oxygen atoms in total. The van der Waals surface area contributed by atoms with E-state index in [2.05, 4.69) is 58.2 Å². The fourth-order valence-corrected chi connectivity index (χ4v) is 3.17. The summed E-state index contributed by atoms with van der Waals surface area (Å²) in [7, 11) is 0. The largest absolute Gasteiger partial charge is 0.372 e. The van der Waals surface area contributed by atoms with Gasteiger partial charge in [-0.25, -0.2) is 4.98 Å². The van der Waals surface area contributed by atoms with E-state index < -0.39 is 0 Å². The van der Waals surface area contributed by atoms with Gasteiger partial charge in [-0.3, -0.25) is 0 Å². The van der Waals surface area contributed by atoms with Crippen LogP contribution in [0.4, 0.5) is 23.1 Å². The topological polar surface area (TPSA) is 44.3 Å². The monoisotopic (exact) mass is 325 g/mol. The van der Waals surface area contributed by atoms with Crippen LogP contribution in [0.25, 0.3) is 0 Å². The highest BCUT2D eigenvalue weighted by Gasteiger charge is 2.16. The first-order valence-corrected chi connectivity index (χ1v) is 8.92. The minimum absolute atomic E-state index is 0.842. The third kappa shape index (κ3) is 3.78. The summed E-state index contributed by atoms with van der Waals surface area (Å²) >= 11 is 0. The number of hydrogen-bond donors (Lipinski definition) is 1. The molecular weight excluding hydrogens is 298 g/mol. The molecule has 0 radical (unpaired) electrons. The van der Waals surface area contributed by atoms with Gasteiger partial charge in [-0.15, -0.1) is 0 Å². The van der Waals surface area contributed by atoms with Crippen molar-refractivity contribution < 1.29 is 0 Å². The Labute approximate surface area is 144 Å². The van der Waals surface area contributed by atoms with Gasteiger partial charge in [-0.05, 0) is 57.9 Å². The molecule has 2 heterocycles. The van der Waals surface area contributed by atoms with Crippen LogP contribution in [-0.2, 0) is 0 Å². The van der Waals surface area contributed by atoms with Crippen molar-refractivity contribution in [2.75, 3.05) is 41.3 Å². The SMILES string of the molecule is CCN(CC)c1ccc(Nc2cc(C)nc(N3CCCC3)n2)cc1. The molecule has 0 atom stereocenters. The zero-order valence-corrected chi connectivity index (χ0v) is 14.9. The van der Waals surface area contributed by atoms with Crippen LogP contribution < -0.4 is 15.1 Å². The van der Waals surface area contributed by atoms with Gasteiger partial charge in [0.15, 0.2) is 0 Å². The molecule has 5 heteroatoms. The molecule has 24 heavy (non-hydrogen) atoms. The first kappa shape index (κ1) is 16.6. The lowest BCUT2D eigenvalue weighted by Crippen LogP contribution is -2.21. The maximum absolute atomic E-state index is 4.69. The van der Waals surface area contributed by atoms with E-state index in [1.807, 2.05) is 13.0 Å². The predicted octanol–water partition coefficient (Wildman–Crippen LogP) is 3.98. The minimum Gasteiger partial charge on any atom is -0.372 e. The maximum atomic E-state index is 4.69. The van der Waals surface area contributed by atoms with Gasteiger partial charge >= 0.3 is 0 Å². The summed E-state index contributed by atoms with van der Waals surface area (Å²) < 4.78 is 0. The van der Waals surface area contributed by atoms with E-state index in [0.717, 1.165) is 49.3 Å². The summed E-state index contributed by atoms with van der Waals surface area (Å²) in [4.78, 5) is 13.9. The molecule has 1 saturated heterocycles. The van der Waals surface area contributed by atoms with Crippen LogP contribution in [0.1, 0.15) is 32.4 Å². The van der Waals surface area contributed by atoms with Crippen molar-refractivity contribution in [1.82, 2.24) is 9.97 Å². The van der Waals surface area contributed by atoms with Gasteiger partial charge in [0.05, 0.1) is 0 Å². The quantitative estimate of drug-likeness (QED) is 0.870. The van der Waals surface area contributed by atoms with Crippen molar-refractivity contribution in [1.29, 1.82) is 0 Å². The van der Waals surface area contributed by atoms with Crippen molar-refractivity contribution in [3.63, 3.8) is 0 Å². The summed E-state index contributed by atoms with van der Waals surface area (Å²) in [6.07, 6.45) is 2.46. The molecule has 0 saturated carbocycles. The third-order valence-electron chi connectivity index (χ3n) is 4.50. The van der Waals surface area contributed by atoms with Gasteiger partial charge in [0.2, 0.25) is 5.95 Å². The number of anilines is 4. The molecule has 0 aliphatic carbocycles. The molecular formula is C19H27N5. The molecule has 0 spiro atoms. The smallest absolute Gasteiger partial charge is 0.227 e. The van der Waals surface area contributed by atoms with Gasteiger partial charge in [0.25, 0.3) is 0 Å². The fourth-order valence-electron chi connectivity index (χ4n) is 3.17. The molecule has 1 N–H and O–H groups in total. The van der Waals surface area contributed by atoms with E-state index in [1.165, 1.54) is 18.5 Å². The minimum atomic E-state index is 0.842. The number of benzene rings is 1. The lowest BCUT2D eigenvalue weighted by atomic mass is 10.2. The van der Waals surface area contributed by atoms with Gasteiger partial charge in [0.1, 0.15) is 5.82 Å². The maximum Gasteiger partial charge on any atom is 0.227 e. The van der Waals surface area contributed by atoms with Crippen LogP contribution in [0.15, 0.2) is 30.3 Å². The van der Waals surface area contributed by atoms with E-state index in [-0.39, 0.29) is 0 Å². The normalized spacial score (nSPS) is 14.0. The van der Waals surface area contributed by atoms with Gasteiger partial charge < -0.3 is 15.1 Å². The van der Waals surface area contributed by atoms with Gasteiger partial charge in [-0.2, -0.15) is 4.98 Å². The van der Waals surface area contributed by atoms with Crippen LogP contribution in [0.3, 0.4) is 0 Å². The zero-order valence-electron chi connectivity index (χ0n) is 14.9. The van der Waals surface area contributed by atoms with Crippen LogP contribution >= 0.6 is 0 Å². The lowest BCUT2D eigenvalue weighted by molar-refractivity contribution is 0.866. The third-order valence-corrected chi connectivity index (χ3v) is 4.50. The molecule has 2 aromatic rings. The predicted molar refractivity (Wildman–Crippen MR) is 102 cm³/mol. The van der Waals surface area contributed by atoms with Crippen LogP contribution in [-0.4, -0.2) is 36.1 Å². The Morgan fingerprint density at radius 1 is 1.04 bits per heavy atom. The van der Waals surface area contributed by atoms with E-state index in [4.69, 9.17) is 4.98 Å². The molecule has 1 aromatic carbocycles. The second-order valence-corrected chi connectivity index (χ2v) is 6.23. The Bertz CT molecular complexity index is 658. The first-order chi connectivity index (χ1) is 11.7. The van der Waals surface area contributed by atoms with E-state index in [1.54, 1.807) is 0 Å². The Morgan fingerprint density at radius 3 is 2.33 bits per heavy atom. The van der Waals surface area contributed by atoms with Crippen LogP contribution in [0.5, 0.6) is 0 Å². The number of rotatable bonds is 6. The van der Waals surface area contributed by atoms with Crippen LogP contribution in [0, 0.1) is 6.92 Å². The molecule has 0 unspecified atom stereocenters. The average Bonchev–Trinajstić information content (AvgIpc) is 3.11. The zero-order chi connectivity index (χ0) is 16.9. The van der Waals surface area contributed by atoms with Crippen molar-refractivity contribution in [2.24, 2.45) is 0 Å². The molecule has 128 valence electrons. The van der Waals surface area contributed by atoms with Crippen molar-refractivity contribution in [2.45, 2.75) is 33.6 Å². The van der Waals surface area contributed by atoms with Crippen molar-refractivity contribution >= 4 is 23.1 Å². The summed E-state index contributed by atoms with van der Waals surface area (Å²) in [5.41, 5.74) is 3.30. The van der Waals surface area contributed by atoms with Crippen molar-refractivity contribution in [3.05, 3.63) is 36.0 Å². The molecule has 3 rings (SSSR count). The van der Waals surface area contributed by atoms with E-state index >= 15 is 0 Å². The highest BCUT2D eigenvalue weighted by Crippen LogP contribution is 2.23. The molecule has 1 fully saturated rings. The fraction of sp³-hybridized carbons (Fsp3) is 0.474. The summed E-state index contributed by atoms with van der Waals surface area (Å²) in [5.74, 6) is 1.70. The molecule has 0 amide bonds. The Hall–Kier alpha value is -2.30. The Kier molecular flexibility index (Phi) is 5.18. The number of nitrogens with one attached hydrogen (secondary N) is 1. The standard InChI is InChI=1S/C19H27N5/c1-4-23(5-2)17-10-8-16(9-11-17)21-18-14-15(3)20-19(22-18)24-12-6-7-13-24/h8-11,14H,4-7,12-13H2,1-3H3,(H,20,21,22). The van der Waals surface area contributed by atoms with E-state index in [0.29, 0.717) is 0 Å². The summed E-state index contributed by atoms with van der Waals surface area (Å²) in [6.45, 7) is 10.5. The summed E-state index contributed by atoms with van der Waals surface area (Å²) in [5, 5.41) is 3.41. The second kappa shape index (κ2) is 7.51. The highest BCUT2D eigenvalue weighted by atomic mass is 15.3. The summed E-state index contributed by atoms with van der Waals surface area (Å²) in [6, 6.07) is 10.5. The molecule has 1 aliphatic rings. The molecule has 1 aromatic heterocycles. The van der Waals surface area contributed by atoms with Gasteiger partial charge in [0, 0.05) is 49.3 Å². The van der Waals surface area contributed by atoms with E-state index in [9.17, 15) is 0 Å².